The Morgan fingerprint density at radius 2 is 1.73 bits per heavy atom. The van der Waals surface area contributed by atoms with Crippen molar-refractivity contribution in [2.24, 2.45) is 0 Å². The van der Waals surface area contributed by atoms with E-state index < -0.39 is 29.7 Å². The minimum absolute atomic E-state index is 0.176. The van der Waals surface area contributed by atoms with Crippen molar-refractivity contribution in [3.63, 3.8) is 0 Å². The number of nitrogens with zero attached hydrogens (tertiary/aromatic N) is 2. The molecule has 4 atom stereocenters. The Morgan fingerprint density at radius 3 is 2.44 bits per heavy atom. The zero-order chi connectivity index (χ0) is 28.9. The van der Waals surface area contributed by atoms with Crippen LogP contribution in [0.4, 0.5) is 4.39 Å². The van der Waals surface area contributed by atoms with E-state index in [1.165, 1.54) is 12.1 Å². The van der Waals surface area contributed by atoms with E-state index in [0.717, 1.165) is 24.2 Å². The van der Waals surface area contributed by atoms with Gasteiger partial charge >= 0.3 is 0 Å². The third-order valence-corrected chi connectivity index (χ3v) is 7.86. The van der Waals surface area contributed by atoms with E-state index in [2.05, 4.69) is 16.3 Å². The third-order valence-electron chi connectivity index (χ3n) is 7.86. The van der Waals surface area contributed by atoms with E-state index in [0.29, 0.717) is 38.3 Å². The Morgan fingerprint density at radius 1 is 1.05 bits per heavy atom. The fourth-order valence-electron chi connectivity index (χ4n) is 5.70. The van der Waals surface area contributed by atoms with Crippen LogP contribution in [0, 0.1) is 17.1 Å². The van der Waals surface area contributed by atoms with E-state index in [9.17, 15) is 9.18 Å². The first kappa shape index (κ1) is 29.6. The van der Waals surface area contributed by atoms with Crippen molar-refractivity contribution in [1.82, 2.24) is 10.2 Å². The second-order valence-corrected chi connectivity index (χ2v) is 11.3. The highest BCUT2D eigenvalue weighted by Crippen LogP contribution is 2.44. The summed E-state index contributed by atoms with van der Waals surface area (Å²) in [5.41, 5.74) is 0.972. The maximum absolute atomic E-state index is 14.0. The number of nitriles is 1. The molecule has 9 nitrogen and oxygen atoms in total. The monoisotopic (exact) mass is 567 g/mol. The summed E-state index contributed by atoms with van der Waals surface area (Å²) in [6, 6.07) is 15.4. The van der Waals surface area contributed by atoms with Crippen molar-refractivity contribution in [3.05, 3.63) is 71.0 Å². The molecule has 2 aromatic carbocycles. The van der Waals surface area contributed by atoms with Gasteiger partial charge < -0.3 is 29.0 Å². The van der Waals surface area contributed by atoms with Gasteiger partial charge in [-0.15, -0.1) is 0 Å². The lowest BCUT2D eigenvalue weighted by Crippen LogP contribution is -2.60. The van der Waals surface area contributed by atoms with Crippen LogP contribution in [-0.4, -0.2) is 79.9 Å². The number of hydrogen-bond donors (Lipinski definition) is 1. The van der Waals surface area contributed by atoms with Crippen molar-refractivity contribution in [1.29, 1.82) is 5.26 Å². The molecular formula is C31H38FN3O6. The Kier molecular flexibility index (Phi) is 9.34. The van der Waals surface area contributed by atoms with Gasteiger partial charge in [0.05, 0.1) is 50.3 Å². The molecule has 1 aliphatic carbocycles. The van der Waals surface area contributed by atoms with E-state index in [-0.39, 0.29) is 31.4 Å². The molecule has 0 bridgehead atoms. The van der Waals surface area contributed by atoms with Crippen LogP contribution in [0.1, 0.15) is 43.4 Å². The molecule has 2 heterocycles. The topological polar surface area (TPSA) is 102 Å². The quantitative estimate of drug-likeness (QED) is 0.467. The fourth-order valence-corrected chi connectivity index (χ4v) is 5.70. The van der Waals surface area contributed by atoms with Crippen LogP contribution in [0.25, 0.3) is 0 Å². The minimum atomic E-state index is -1.24. The average molecular weight is 568 g/mol. The van der Waals surface area contributed by atoms with Crippen LogP contribution in [0.2, 0.25) is 0 Å². The van der Waals surface area contributed by atoms with Gasteiger partial charge in [-0.25, -0.2) is 4.39 Å². The highest BCUT2D eigenvalue weighted by molar-refractivity contribution is 5.85. The molecule has 1 amide bonds. The molecule has 1 saturated carbocycles. The van der Waals surface area contributed by atoms with E-state index in [4.69, 9.17) is 28.9 Å². The average Bonchev–Trinajstić information content (AvgIpc) is 3.30. The molecule has 0 radical (unpaired) electrons. The van der Waals surface area contributed by atoms with Gasteiger partial charge in [0.2, 0.25) is 0 Å². The van der Waals surface area contributed by atoms with Gasteiger partial charge in [0.25, 0.3) is 5.91 Å². The van der Waals surface area contributed by atoms with E-state index in [1.54, 1.807) is 24.3 Å². The second-order valence-electron chi connectivity index (χ2n) is 11.3. The van der Waals surface area contributed by atoms with E-state index >= 15 is 0 Å². The lowest BCUT2D eigenvalue weighted by atomic mass is 9.78. The lowest BCUT2D eigenvalue weighted by molar-refractivity contribution is -0.183. The summed E-state index contributed by atoms with van der Waals surface area (Å²) in [6.45, 7) is 8.33. The molecule has 2 aliphatic heterocycles. The SMILES string of the molecule is CC1(C)O[C@@H]2C[C@@](OCc3ccc(C#N)cc3)(C(=O)NCCN3CCOCC3)CC(OCc3ccc(F)cc3)[C@@H]2O1. The summed E-state index contributed by atoms with van der Waals surface area (Å²) in [4.78, 5) is 16.2. The Balaban J connectivity index is 1.35. The van der Waals surface area contributed by atoms with Gasteiger partial charge in [-0.05, 0) is 49.2 Å². The first-order valence-corrected chi connectivity index (χ1v) is 14.2. The number of nitrogens with one attached hydrogen (secondary N) is 1. The van der Waals surface area contributed by atoms with Crippen molar-refractivity contribution < 1.29 is 32.9 Å². The predicted molar refractivity (Wildman–Crippen MR) is 147 cm³/mol. The van der Waals surface area contributed by atoms with Crippen LogP contribution >= 0.6 is 0 Å². The smallest absolute Gasteiger partial charge is 0.252 e. The number of hydrogen-bond acceptors (Lipinski definition) is 8. The Bertz CT molecular complexity index is 1210. The molecule has 2 aromatic rings. The van der Waals surface area contributed by atoms with Crippen molar-refractivity contribution in [3.8, 4) is 6.07 Å². The molecule has 1 unspecified atom stereocenters. The van der Waals surface area contributed by atoms with Gasteiger partial charge in [-0.1, -0.05) is 24.3 Å². The fraction of sp³-hybridized carbons (Fsp3) is 0.548. The van der Waals surface area contributed by atoms with Gasteiger partial charge in [0.15, 0.2) is 11.4 Å². The highest BCUT2D eigenvalue weighted by Gasteiger charge is 2.58. The molecule has 1 N–H and O–H groups in total. The highest BCUT2D eigenvalue weighted by atomic mass is 19.1. The summed E-state index contributed by atoms with van der Waals surface area (Å²) in [5, 5.41) is 12.3. The summed E-state index contributed by atoms with van der Waals surface area (Å²) < 4.78 is 44.3. The zero-order valence-corrected chi connectivity index (χ0v) is 23.6. The molecule has 2 saturated heterocycles. The van der Waals surface area contributed by atoms with Gasteiger partial charge in [0.1, 0.15) is 11.9 Å². The minimum Gasteiger partial charge on any atom is -0.379 e. The number of amides is 1. The number of morpholine rings is 1. The van der Waals surface area contributed by atoms with Crippen molar-refractivity contribution in [2.45, 2.75) is 69.6 Å². The number of carbonyl (C=O) groups is 1. The molecule has 10 heteroatoms. The molecule has 0 spiro atoms. The molecule has 3 aliphatic rings. The zero-order valence-electron chi connectivity index (χ0n) is 23.6. The normalized spacial score (nSPS) is 27.6. The number of ether oxygens (including phenoxy) is 5. The molecule has 220 valence electrons. The maximum Gasteiger partial charge on any atom is 0.252 e. The number of carbonyl (C=O) groups excluding carboxylic acids is 1. The van der Waals surface area contributed by atoms with Crippen LogP contribution in [0.3, 0.4) is 0 Å². The standard InChI is InChI=1S/C31H38FN3O6/c1-30(2)40-27-18-31(39-21-24-5-3-22(19-33)4-6-24,29(36)34-11-12-35-13-15-37-16-14-35)17-26(28(27)41-30)38-20-23-7-9-25(32)10-8-23/h3-10,26-28H,11-18,20-21H2,1-2H3,(H,34,36)/t26?,27-,28+,31-/m1/s1. The van der Waals surface area contributed by atoms with E-state index in [1.807, 2.05) is 26.0 Å². The van der Waals surface area contributed by atoms with Gasteiger partial charge in [0, 0.05) is 39.0 Å². The van der Waals surface area contributed by atoms with Crippen molar-refractivity contribution >= 4 is 5.91 Å². The van der Waals surface area contributed by atoms with Crippen LogP contribution < -0.4 is 5.32 Å². The Labute approximate surface area is 240 Å². The molecular weight excluding hydrogens is 529 g/mol. The summed E-state index contributed by atoms with van der Waals surface area (Å²) >= 11 is 0. The number of fused-ring (bicyclic) bond motifs is 1. The summed E-state index contributed by atoms with van der Waals surface area (Å²) in [7, 11) is 0. The number of halogens is 1. The van der Waals surface area contributed by atoms with Gasteiger partial charge in [-0.3, -0.25) is 9.69 Å². The first-order chi connectivity index (χ1) is 19.7. The summed E-state index contributed by atoms with van der Waals surface area (Å²) in [5.74, 6) is -1.38. The first-order valence-electron chi connectivity index (χ1n) is 14.2. The molecule has 41 heavy (non-hydrogen) atoms. The molecule has 5 rings (SSSR count). The van der Waals surface area contributed by atoms with Crippen LogP contribution in [0.5, 0.6) is 0 Å². The predicted octanol–water partition coefficient (Wildman–Crippen LogP) is 3.30. The van der Waals surface area contributed by atoms with Crippen LogP contribution in [-0.2, 0) is 41.7 Å². The molecule has 3 fully saturated rings. The lowest BCUT2D eigenvalue weighted by Gasteiger charge is -2.43. The largest absolute Gasteiger partial charge is 0.379 e. The van der Waals surface area contributed by atoms with Gasteiger partial charge in [-0.2, -0.15) is 5.26 Å². The summed E-state index contributed by atoms with van der Waals surface area (Å²) in [6.07, 6.45) is -0.765. The number of benzene rings is 2. The Hall–Kier alpha value is -2.91. The molecule has 0 aromatic heterocycles. The van der Waals surface area contributed by atoms with Crippen LogP contribution in [0.15, 0.2) is 48.5 Å². The van der Waals surface area contributed by atoms with Crippen molar-refractivity contribution in [2.75, 3.05) is 39.4 Å². The number of rotatable bonds is 10. The maximum atomic E-state index is 14.0. The third kappa shape index (κ3) is 7.49. The second kappa shape index (κ2) is 12.9.